The minimum atomic E-state index is -0.143. The van der Waals surface area contributed by atoms with E-state index in [9.17, 15) is 9.59 Å². The van der Waals surface area contributed by atoms with E-state index < -0.39 is 0 Å². The molecule has 0 aliphatic heterocycles. The predicted octanol–water partition coefficient (Wildman–Crippen LogP) is 3.58. The number of carbonyl (C=O) groups excluding carboxylic acids is 1. The van der Waals surface area contributed by atoms with Crippen LogP contribution in [-0.4, -0.2) is 10.9 Å². The van der Waals surface area contributed by atoms with Crippen molar-refractivity contribution in [2.24, 2.45) is 0 Å². The fourth-order valence-electron chi connectivity index (χ4n) is 3.50. The zero-order valence-corrected chi connectivity index (χ0v) is 13.5. The molecule has 4 rings (SSSR count). The van der Waals surface area contributed by atoms with Crippen LogP contribution in [0.15, 0.2) is 47.3 Å². The summed E-state index contributed by atoms with van der Waals surface area (Å²) in [5, 5.41) is 4.00. The molecule has 3 aromatic rings. The molecule has 1 aromatic heterocycles. The van der Waals surface area contributed by atoms with Crippen molar-refractivity contribution in [3.63, 3.8) is 0 Å². The number of anilines is 1. The number of aryl methyl sites for hydroxylation is 2. The molecule has 0 bridgehead atoms. The monoisotopic (exact) mass is 318 g/mol. The van der Waals surface area contributed by atoms with Crippen molar-refractivity contribution in [3.05, 3.63) is 75.1 Å². The first-order chi connectivity index (χ1) is 11.6. The van der Waals surface area contributed by atoms with Gasteiger partial charge in [0.2, 0.25) is 0 Å². The second-order valence-corrected chi connectivity index (χ2v) is 6.29. The summed E-state index contributed by atoms with van der Waals surface area (Å²) in [5.41, 5.74) is 5.12. The Morgan fingerprint density at radius 2 is 1.88 bits per heavy atom. The molecule has 1 aliphatic carbocycles. The Labute approximate surface area is 139 Å². The molecule has 1 amide bonds. The van der Waals surface area contributed by atoms with E-state index >= 15 is 0 Å². The van der Waals surface area contributed by atoms with Gasteiger partial charge in [0, 0.05) is 22.2 Å². The van der Waals surface area contributed by atoms with Crippen LogP contribution in [0.3, 0.4) is 0 Å². The lowest BCUT2D eigenvalue weighted by Crippen LogP contribution is -2.14. The molecule has 0 radical (unpaired) electrons. The minimum Gasteiger partial charge on any atom is -0.322 e. The van der Waals surface area contributed by atoms with Gasteiger partial charge < -0.3 is 10.3 Å². The zero-order valence-electron chi connectivity index (χ0n) is 13.5. The summed E-state index contributed by atoms with van der Waals surface area (Å²) >= 11 is 0. The van der Waals surface area contributed by atoms with Crippen LogP contribution >= 0.6 is 0 Å². The maximum Gasteiger partial charge on any atom is 0.255 e. The molecule has 4 heteroatoms. The number of nitrogens with one attached hydrogen (secondary N) is 2. The van der Waals surface area contributed by atoms with Crippen LogP contribution < -0.4 is 10.9 Å². The van der Waals surface area contributed by atoms with Gasteiger partial charge in [0.1, 0.15) is 0 Å². The van der Waals surface area contributed by atoms with Gasteiger partial charge in [0.15, 0.2) is 0 Å². The van der Waals surface area contributed by atoms with Crippen LogP contribution in [0, 0.1) is 6.92 Å². The smallest absolute Gasteiger partial charge is 0.255 e. The molecule has 0 fully saturated rings. The number of aromatic nitrogens is 1. The normalized spacial score (nSPS) is 13.0. The molecule has 0 saturated carbocycles. The third kappa shape index (κ3) is 2.40. The van der Waals surface area contributed by atoms with Crippen molar-refractivity contribution in [2.45, 2.75) is 26.2 Å². The largest absolute Gasteiger partial charge is 0.322 e. The predicted molar refractivity (Wildman–Crippen MR) is 95.7 cm³/mol. The fourth-order valence-corrected chi connectivity index (χ4v) is 3.50. The van der Waals surface area contributed by atoms with E-state index in [1.807, 2.05) is 43.3 Å². The molecule has 2 aromatic carbocycles. The quantitative estimate of drug-likeness (QED) is 0.758. The highest BCUT2D eigenvalue weighted by Gasteiger charge is 2.18. The second-order valence-electron chi connectivity index (χ2n) is 6.29. The summed E-state index contributed by atoms with van der Waals surface area (Å²) in [6, 6.07) is 13.2. The lowest BCUT2D eigenvalue weighted by Gasteiger charge is -2.10. The molecular weight excluding hydrogens is 300 g/mol. The number of fused-ring (bicyclic) bond motifs is 3. The average molecular weight is 318 g/mol. The summed E-state index contributed by atoms with van der Waals surface area (Å²) in [5.74, 6) is -0.143. The van der Waals surface area contributed by atoms with Crippen LogP contribution in [0.1, 0.15) is 33.5 Å². The second kappa shape index (κ2) is 5.64. The van der Waals surface area contributed by atoms with Crippen LogP contribution in [-0.2, 0) is 12.8 Å². The number of hydrogen-bond acceptors (Lipinski definition) is 2. The van der Waals surface area contributed by atoms with Crippen molar-refractivity contribution >= 4 is 22.5 Å². The number of carbonyl (C=O) groups is 1. The molecule has 1 heterocycles. The zero-order chi connectivity index (χ0) is 16.7. The fraction of sp³-hybridized carbons (Fsp3) is 0.200. The van der Waals surface area contributed by atoms with Gasteiger partial charge >= 0.3 is 0 Å². The van der Waals surface area contributed by atoms with Crippen molar-refractivity contribution in [3.8, 4) is 0 Å². The number of rotatable bonds is 2. The lowest BCUT2D eigenvalue weighted by molar-refractivity contribution is 0.102. The van der Waals surface area contributed by atoms with E-state index in [0.717, 1.165) is 46.9 Å². The SMILES string of the molecule is Cc1ccccc1C(=O)Nc1ccc2c3c(c(=O)[nH]c2c1)CCC3. The summed E-state index contributed by atoms with van der Waals surface area (Å²) in [4.78, 5) is 27.6. The number of benzene rings is 2. The Morgan fingerprint density at radius 1 is 1.08 bits per heavy atom. The van der Waals surface area contributed by atoms with Gasteiger partial charge in [-0.25, -0.2) is 0 Å². The van der Waals surface area contributed by atoms with Crippen molar-refractivity contribution in [1.82, 2.24) is 4.98 Å². The summed E-state index contributed by atoms with van der Waals surface area (Å²) in [6.45, 7) is 1.91. The van der Waals surface area contributed by atoms with Gasteiger partial charge in [0.05, 0.1) is 5.52 Å². The Bertz CT molecular complexity index is 1020. The first kappa shape index (κ1) is 14.7. The lowest BCUT2D eigenvalue weighted by atomic mass is 10.0. The number of hydrogen-bond donors (Lipinski definition) is 2. The molecule has 24 heavy (non-hydrogen) atoms. The average Bonchev–Trinajstić information content (AvgIpc) is 3.05. The maximum absolute atomic E-state index is 12.4. The molecule has 0 atom stereocenters. The van der Waals surface area contributed by atoms with Crippen LogP contribution in [0.4, 0.5) is 5.69 Å². The summed E-state index contributed by atoms with van der Waals surface area (Å²) in [7, 11) is 0. The van der Waals surface area contributed by atoms with Crippen LogP contribution in [0.25, 0.3) is 10.9 Å². The third-order valence-corrected chi connectivity index (χ3v) is 4.73. The molecule has 0 saturated heterocycles. The van der Waals surface area contributed by atoms with E-state index in [-0.39, 0.29) is 11.5 Å². The molecule has 0 spiro atoms. The summed E-state index contributed by atoms with van der Waals surface area (Å²) < 4.78 is 0. The highest BCUT2D eigenvalue weighted by Crippen LogP contribution is 2.27. The van der Waals surface area contributed by atoms with Gasteiger partial charge in [-0.3, -0.25) is 9.59 Å². The Morgan fingerprint density at radius 3 is 2.71 bits per heavy atom. The molecular formula is C20H18N2O2. The van der Waals surface area contributed by atoms with E-state index in [1.54, 1.807) is 6.07 Å². The van der Waals surface area contributed by atoms with E-state index in [1.165, 1.54) is 0 Å². The number of aromatic amines is 1. The first-order valence-corrected chi connectivity index (χ1v) is 8.18. The minimum absolute atomic E-state index is 0.00243. The van der Waals surface area contributed by atoms with Gasteiger partial charge in [0.25, 0.3) is 11.5 Å². The van der Waals surface area contributed by atoms with Crippen molar-refractivity contribution in [1.29, 1.82) is 0 Å². The molecule has 1 aliphatic rings. The van der Waals surface area contributed by atoms with Gasteiger partial charge in [-0.1, -0.05) is 24.3 Å². The standard InChI is InChI=1S/C20H18N2O2/c1-12-5-2-3-6-14(12)19(23)21-13-9-10-16-15-7-4-8-17(15)20(24)22-18(16)11-13/h2-3,5-6,9-11H,4,7-8H2,1H3,(H,21,23)(H,22,24). The third-order valence-electron chi connectivity index (χ3n) is 4.73. The highest BCUT2D eigenvalue weighted by atomic mass is 16.1. The highest BCUT2D eigenvalue weighted by molar-refractivity contribution is 6.06. The Hall–Kier alpha value is -2.88. The van der Waals surface area contributed by atoms with Gasteiger partial charge in [-0.05, 0) is 55.5 Å². The Kier molecular flexibility index (Phi) is 3.45. The number of pyridine rings is 1. The maximum atomic E-state index is 12.4. The molecule has 0 unspecified atom stereocenters. The number of H-pyrrole nitrogens is 1. The number of amides is 1. The first-order valence-electron chi connectivity index (χ1n) is 8.18. The van der Waals surface area contributed by atoms with Gasteiger partial charge in [-0.2, -0.15) is 0 Å². The van der Waals surface area contributed by atoms with Gasteiger partial charge in [-0.15, -0.1) is 0 Å². The molecule has 2 N–H and O–H groups in total. The van der Waals surface area contributed by atoms with Crippen molar-refractivity contribution in [2.75, 3.05) is 5.32 Å². The summed E-state index contributed by atoms with van der Waals surface area (Å²) in [6.07, 6.45) is 2.83. The van der Waals surface area contributed by atoms with E-state index in [2.05, 4.69) is 10.3 Å². The van der Waals surface area contributed by atoms with E-state index in [4.69, 9.17) is 0 Å². The Balaban J connectivity index is 1.71. The van der Waals surface area contributed by atoms with Crippen LogP contribution in [0.5, 0.6) is 0 Å². The van der Waals surface area contributed by atoms with E-state index in [0.29, 0.717) is 11.3 Å². The van der Waals surface area contributed by atoms with Crippen LogP contribution in [0.2, 0.25) is 0 Å². The van der Waals surface area contributed by atoms with Crippen molar-refractivity contribution < 1.29 is 4.79 Å². The topological polar surface area (TPSA) is 62.0 Å². The molecule has 4 nitrogen and oxygen atoms in total. The molecule has 120 valence electrons.